The minimum Gasteiger partial charge on any atom is -0.310 e. The Morgan fingerprint density at radius 2 is 0.930 bits per heavy atom. The number of anilines is 6. The Morgan fingerprint density at radius 1 is 0.394 bits per heavy atom. The molecule has 1 heterocycles. The number of rotatable bonds is 8. The summed E-state index contributed by atoms with van der Waals surface area (Å²) in [5, 5.41) is 0. The van der Waals surface area contributed by atoms with E-state index in [0.29, 0.717) is 0 Å². The van der Waals surface area contributed by atoms with Crippen LogP contribution in [0.25, 0.3) is 27.8 Å². The Hall–Kier alpha value is -8.46. The fourth-order valence-electron chi connectivity index (χ4n) is 12.6. The average molecular weight is 911 g/mol. The molecule has 0 spiro atoms. The number of hydrogen-bond donors (Lipinski definition) is 0. The summed E-state index contributed by atoms with van der Waals surface area (Å²) in [5.74, 6) is 0. The van der Waals surface area contributed by atoms with Gasteiger partial charge in [0.05, 0.1) is 5.41 Å². The first-order chi connectivity index (χ1) is 34.8. The minimum atomic E-state index is -0.536. The molecule has 340 valence electrons. The van der Waals surface area contributed by atoms with Gasteiger partial charge in [-0.2, -0.15) is 0 Å². The molecule has 3 aliphatic rings. The van der Waals surface area contributed by atoms with E-state index in [4.69, 9.17) is 0 Å². The third-order valence-electron chi connectivity index (χ3n) is 15.9. The lowest BCUT2D eigenvalue weighted by Crippen LogP contribution is -2.29. The van der Waals surface area contributed by atoms with Crippen LogP contribution in [-0.4, -0.2) is 0 Å². The highest BCUT2D eigenvalue weighted by atomic mass is 15.2. The van der Waals surface area contributed by atoms with Crippen LogP contribution in [0.15, 0.2) is 248 Å². The first-order valence-corrected chi connectivity index (χ1v) is 25.0. The molecule has 2 heteroatoms. The second kappa shape index (κ2) is 16.6. The summed E-state index contributed by atoms with van der Waals surface area (Å²) in [5.41, 5.74) is 27.0. The van der Waals surface area contributed by atoms with Crippen molar-refractivity contribution in [1.29, 1.82) is 0 Å². The number of fused-ring (bicyclic) bond motifs is 6. The second-order valence-corrected chi connectivity index (χ2v) is 20.1. The van der Waals surface area contributed by atoms with Gasteiger partial charge in [-0.3, -0.25) is 0 Å². The van der Waals surface area contributed by atoms with Gasteiger partial charge in [0.15, 0.2) is 0 Å². The Morgan fingerprint density at radius 3 is 1.63 bits per heavy atom. The molecule has 0 saturated carbocycles. The minimum absolute atomic E-state index is 0.155. The molecule has 0 radical (unpaired) electrons. The molecule has 2 aliphatic carbocycles. The quantitative estimate of drug-likeness (QED) is 0.150. The van der Waals surface area contributed by atoms with Crippen LogP contribution in [0.5, 0.6) is 0 Å². The zero-order valence-corrected chi connectivity index (χ0v) is 40.7. The van der Waals surface area contributed by atoms with Crippen molar-refractivity contribution in [3.8, 4) is 22.3 Å². The first kappa shape index (κ1) is 42.6. The molecular weight excluding hydrogens is 857 g/mol. The van der Waals surface area contributed by atoms with Crippen LogP contribution in [0.2, 0.25) is 0 Å². The topological polar surface area (TPSA) is 6.48 Å². The van der Waals surface area contributed by atoms with Crippen LogP contribution in [0.4, 0.5) is 34.1 Å². The molecule has 0 unspecified atom stereocenters. The molecule has 0 N–H and O–H groups in total. The monoisotopic (exact) mass is 910 g/mol. The number of hydrogen-bond acceptors (Lipinski definition) is 2. The van der Waals surface area contributed by atoms with E-state index in [9.17, 15) is 0 Å². The maximum absolute atomic E-state index is 2.50. The SMILES string of the molecule is CC1=C(c2ccccc2C)c2ccc(N(c3ccc(-c4ccc5c(c4)Cc4ccccc4N5c4ccccc4)cc3)c3ccc4c(c3)C(C)(C)c3ccccc3-4)cc2C1(c1ccccc1)c1ccccc1. The van der Waals surface area contributed by atoms with Gasteiger partial charge in [-0.05, 0) is 170 Å². The predicted octanol–water partition coefficient (Wildman–Crippen LogP) is 18.0. The van der Waals surface area contributed by atoms with E-state index in [1.807, 2.05) is 0 Å². The fraction of sp³-hybridized carbons (Fsp3) is 0.101. The van der Waals surface area contributed by atoms with Crippen LogP contribution < -0.4 is 9.80 Å². The van der Waals surface area contributed by atoms with Crippen LogP contribution in [0.3, 0.4) is 0 Å². The predicted molar refractivity (Wildman–Crippen MR) is 297 cm³/mol. The number of aryl methyl sites for hydroxylation is 1. The summed E-state index contributed by atoms with van der Waals surface area (Å²) in [7, 11) is 0. The summed E-state index contributed by atoms with van der Waals surface area (Å²) in [6, 6.07) is 90.5. The molecule has 1 aliphatic heterocycles. The van der Waals surface area contributed by atoms with Crippen LogP contribution >= 0.6 is 0 Å². The van der Waals surface area contributed by atoms with Crippen molar-refractivity contribution in [2.24, 2.45) is 0 Å². The van der Waals surface area contributed by atoms with Crippen LogP contribution in [-0.2, 0) is 17.3 Å². The molecular formula is C69H54N2. The van der Waals surface area contributed by atoms with Gasteiger partial charge in [0.25, 0.3) is 0 Å². The van der Waals surface area contributed by atoms with Crippen molar-refractivity contribution < 1.29 is 0 Å². The van der Waals surface area contributed by atoms with Gasteiger partial charge < -0.3 is 9.80 Å². The van der Waals surface area contributed by atoms with Gasteiger partial charge in [-0.1, -0.05) is 190 Å². The smallest absolute Gasteiger partial charge is 0.0674 e. The van der Waals surface area contributed by atoms with Gasteiger partial charge in [0, 0.05) is 46.0 Å². The van der Waals surface area contributed by atoms with Gasteiger partial charge in [-0.25, -0.2) is 0 Å². The van der Waals surface area contributed by atoms with Crippen molar-refractivity contribution in [3.05, 3.63) is 304 Å². The highest BCUT2D eigenvalue weighted by Gasteiger charge is 2.47. The Labute approximate surface area is 418 Å². The third-order valence-corrected chi connectivity index (χ3v) is 15.9. The number of para-hydroxylation sites is 2. The van der Waals surface area contributed by atoms with Crippen LogP contribution in [0.1, 0.15) is 76.4 Å². The van der Waals surface area contributed by atoms with E-state index in [1.54, 1.807) is 0 Å². The zero-order valence-electron chi connectivity index (χ0n) is 40.7. The molecule has 13 rings (SSSR count). The standard InChI is InChI=1S/C69H54N2/c1-46-20-14-16-28-58(46)67-47(2)69(52-22-8-5-9-23-52,53-24-10-6-11-25-53)64-45-57(38-40-61(64)67)70(56-37-39-60-59-29-17-18-30-62(59)68(3,4)63(60)44-56)55-35-32-48(33-36-55)49-34-41-66-51(42-49)43-50-21-15-19-31-65(50)71(66)54-26-12-7-13-27-54/h5-42,44-45H,43H2,1-4H3. The third kappa shape index (κ3) is 6.62. The van der Waals surface area contributed by atoms with Gasteiger partial charge >= 0.3 is 0 Å². The highest BCUT2D eigenvalue weighted by Crippen LogP contribution is 2.58. The van der Waals surface area contributed by atoms with Gasteiger partial charge in [0.2, 0.25) is 0 Å². The van der Waals surface area contributed by atoms with E-state index < -0.39 is 5.41 Å². The molecule has 71 heavy (non-hydrogen) atoms. The summed E-state index contributed by atoms with van der Waals surface area (Å²) >= 11 is 0. The van der Waals surface area contributed by atoms with E-state index >= 15 is 0 Å². The molecule has 0 aromatic heterocycles. The van der Waals surface area contributed by atoms with Crippen molar-refractivity contribution in [2.75, 3.05) is 9.80 Å². The maximum Gasteiger partial charge on any atom is 0.0674 e. The maximum atomic E-state index is 2.50. The zero-order chi connectivity index (χ0) is 47.8. The lowest BCUT2D eigenvalue weighted by molar-refractivity contribution is 0.660. The molecule has 10 aromatic carbocycles. The fourth-order valence-corrected chi connectivity index (χ4v) is 12.6. The van der Waals surface area contributed by atoms with Gasteiger partial charge in [0.1, 0.15) is 0 Å². The first-order valence-electron chi connectivity index (χ1n) is 25.0. The molecule has 0 amide bonds. The van der Waals surface area contributed by atoms with Crippen LogP contribution in [0, 0.1) is 6.92 Å². The molecule has 0 atom stereocenters. The summed E-state index contributed by atoms with van der Waals surface area (Å²) in [6.07, 6.45) is 0.888. The second-order valence-electron chi connectivity index (χ2n) is 20.1. The highest BCUT2D eigenvalue weighted by molar-refractivity contribution is 5.96. The van der Waals surface area contributed by atoms with E-state index in [0.717, 1.165) is 23.5 Å². The summed E-state index contributed by atoms with van der Waals surface area (Å²) in [4.78, 5) is 4.91. The normalized spacial score (nSPS) is 14.6. The van der Waals surface area contributed by atoms with E-state index in [-0.39, 0.29) is 5.41 Å². The van der Waals surface area contributed by atoms with Crippen molar-refractivity contribution in [1.82, 2.24) is 0 Å². The largest absolute Gasteiger partial charge is 0.310 e. The van der Waals surface area contributed by atoms with Gasteiger partial charge in [-0.15, -0.1) is 0 Å². The average Bonchev–Trinajstić information content (AvgIpc) is 3.81. The summed E-state index contributed by atoms with van der Waals surface area (Å²) in [6.45, 7) is 9.37. The van der Waals surface area contributed by atoms with E-state index in [1.165, 1.54) is 106 Å². The Kier molecular flexibility index (Phi) is 9.97. The molecule has 10 aromatic rings. The molecule has 0 fully saturated rings. The summed E-state index contributed by atoms with van der Waals surface area (Å²) < 4.78 is 0. The number of allylic oxidation sites excluding steroid dienone is 1. The Balaban J connectivity index is 0.984. The molecule has 0 saturated heterocycles. The Bertz CT molecular complexity index is 3670. The molecule has 0 bridgehead atoms. The number of nitrogens with zero attached hydrogens (tertiary/aromatic N) is 2. The van der Waals surface area contributed by atoms with Crippen molar-refractivity contribution >= 4 is 39.7 Å². The lowest BCUT2D eigenvalue weighted by atomic mass is 9.67. The van der Waals surface area contributed by atoms with Crippen molar-refractivity contribution in [3.63, 3.8) is 0 Å². The van der Waals surface area contributed by atoms with Crippen molar-refractivity contribution in [2.45, 2.75) is 44.9 Å². The lowest BCUT2D eigenvalue weighted by Gasteiger charge is -2.35. The number of benzene rings is 10. The molecule has 2 nitrogen and oxygen atoms in total. The van der Waals surface area contributed by atoms with E-state index in [2.05, 4.69) is 280 Å².